The third-order valence-corrected chi connectivity index (χ3v) is 8.26. The molecule has 0 N–H and O–H groups in total. The number of hydrogen-bond donors (Lipinski definition) is 0. The molecular weight excluding hydrogens is 466 g/mol. The van der Waals surface area contributed by atoms with E-state index in [1.54, 1.807) is 0 Å². The second kappa shape index (κ2) is 17.8. The molecule has 0 aromatic carbocycles. The van der Waals surface area contributed by atoms with Crippen LogP contribution in [0.1, 0.15) is 105 Å². The summed E-state index contributed by atoms with van der Waals surface area (Å²) in [5, 5.41) is 0.499. The Morgan fingerprint density at radius 2 is 1.18 bits per heavy atom. The molecule has 200 valence electrons. The molecule has 7 heteroatoms. The van der Waals surface area contributed by atoms with Crippen LogP contribution in [0, 0.1) is 10.8 Å². The lowest BCUT2D eigenvalue weighted by Gasteiger charge is -2.22. The first-order chi connectivity index (χ1) is 15.9. The molecule has 0 rings (SSSR count). The number of ether oxygens (including phenoxy) is 1. The standard InChI is InChI=1S/C27H51NO4S2/c1-26(2,24(30)33-7)19-13-9-11-16-22(32-23(29)18-15-21-28(5)6)17-12-10-14-20-27(3,4)25(31)34-8/h22H,9-21H2,1-8H3. The van der Waals surface area contributed by atoms with Crippen LogP contribution in [0.25, 0.3) is 0 Å². The molecule has 0 aliphatic heterocycles. The number of carbonyl (C=O) groups is 3. The number of thioether (sulfide) groups is 2. The third kappa shape index (κ3) is 15.5. The van der Waals surface area contributed by atoms with Crippen LogP contribution in [0.15, 0.2) is 0 Å². The zero-order valence-electron chi connectivity index (χ0n) is 23.2. The number of unbranched alkanes of at least 4 members (excludes halogenated alkanes) is 4. The van der Waals surface area contributed by atoms with Crippen molar-refractivity contribution in [1.29, 1.82) is 0 Å². The largest absolute Gasteiger partial charge is 0.462 e. The zero-order chi connectivity index (χ0) is 26.2. The van der Waals surface area contributed by atoms with Crippen molar-refractivity contribution in [3.63, 3.8) is 0 Å². The molecule has 0 aliphatic carbocycles. The lowest BCUT2D eigenvalue weighted by molar-refractivity contribution is -0.150. The van der Waals surface area contributed by atoms with Gasteiger partial charge in [0.1, 0.15) is 6.10 Å². The summed E-state index contributed by atoms with van der Waals surface area (Å²) in [5.41, 5.74) is -0.549. The Hall–Kier alpha value is -0.530. The quantitative estimate of drug-likeness (QED) is 0.135. The number of rotatable bonds is 19. The molecule has 0 saturated carbocycles. The summed E-state index contributed by atoms with van der Waals surface area (Å²) < 4.78 is 5.87. The first-order valence-corrected chi connectivity index (χ1v) is 15.3. The fraction of sp³-hybridized carbons (Fsp3) is 0.889. The van der Waals surface area contributed by atoms with Gasteiger partial charge >= 0.3 is 5.97 Å². The molecule has 0 spiro atoms. The van der Waals surface area contributed by atoms with Gasteiger partial charge in [-0.05, 0) is 78.1 Å². The molecule has 34 heavy (non-hydrogen) atoms. The van der Waals surface area contributed by atoms with Crippen LogP contribution in [0.4, 0.5) is 0 Å². The summed E-state index contributed by atoms with van der Waals surface area (Å²) in [4.78, 5) is 38.5. The summed E-state index contributed by atoms with van der Waals surface area (Å²) in [6.07, 6.45) is 14.6. The molecule has 0 fully saturated rings. The molecule has 0 saturated heterocycles. The Labute approximate surface area is 218 Å². The highest BCUT2D eigenvalue weighted by Crippen LogP contribution is 2.30. The van der Waals surface area contributed by atoms with Gasteiger partial charge in [-0.15, -0.1) is 0 Å². The number of carbonyl (C=O) groups excluding carboxylic acids is 3. The highest BCUT2D eigenvalue weighted by atomic mass is 32.2. The summed E-state index contributed by atoms with van der Waals surface area (Å²) in [6, 6.07) is 0. The van der Waals surface area contributed by atoms with Crippen molar-refractivity contribution in [3.05, 3.63) is 0 Å². The molecule has 0 aromatic rings. The molecule has 0 radical (unpaired) electrons. The van der Waals surface area contributed by atoms with Gasteiger partial charge in [-0.2, -0.15) is 0 Å². The molecule has 0 unspecified atom stereocenters. The van der Waals surface area contributed by atoms with Crippen LogP contribution in [-0.4, -0.2) is 60.4 Å². The molecule has 0 amide bonds. The molecule has 5 nitrogen and oxygen atoms in total. The van der Waals surface area contributed by atoms with Crippen LogP contribution >= 0.6 is 23.5 Å². The molecule has 0 aromatic heterocycles. The SMILES string of the molecule is CSC(=O)C(C)(C)CCCCCC(CCCCCC(C)(C)C(=O)SC)OC(=O)CCCN(C)C. The Bertz CT molecular complexity index is 567. The molecule has 0 atom stereocenters. The maximum atomic E-state index is 12.4. The summed E-state index contributed by atoms with van der Waals surface area (Å²) in [7, 11) is 4.02. The first-order valence-electron chi connectivity index (χ1n) is 12.9. The predicted molar refractivity (Wildman–Crippen MR) is 148 cm³/mol. The van der Waals surface area contributed by atoms with Gasteiger partial charge in [0.05, 0.1) is 0 Å². The van der Waals surface area contributed by atoms with Gasteiger partial charge in [0.25, 0.3) is 0 Å². The van der Waals surface area contributed by atoms with Crippen molar-refractivity contribution in [3.8, 4) is 0 Å². The van der Waals surface area contributed by atoms with E-state index >= 15 is 0 Å². The number of hydrogen-bond acceptors (Lipinski definition) is 7. The van der Waals surface area contributed by atoms with Crippen molar-refractivity contribution < 1.29 is 19.1 Å². The van der Waals surface area contributed by atoms with E-state index in [1.165, 1.54) is 23.5 Å². The van der Waals surface area contributed by atoms with Crippen molar-refractivity contribution >= 4 is 39.7 Å². The van der Waals surface area contributed by atoms with Crippen molar-refractivity contribution in [2.75, 3.05) is 33.2 Å². The minimum atomic E-state index is -0.275. The number of nitrogens with zero attached hydrogens (tertiary/aromatic N) is 1. The van der Waals surface area contributed by atoms with Gasteiger partial charge in [-0.25, -0.2) is 0 Å². The lowest BCUT2D eigenvalue weighted by atomic mass is 9.87. The topological polar surface area (TPSA) is 63.7 Å². The van der Waals surface area contributed by atoms with E-state index in [1.807, 2.05) is 54.3 Å². The maximum Gasteiger partial charge on any atom is 0.306 e. The summed E-state index contributed by atoms with van der Waals surface area (Å²) in [5.74, 6) is -0.0924. The smallest absolute Gasteiger partial charge is 0.306 e. The first kappa shape index (κ1) is 33.5. The minimum Gasteiger partial charge on any atom is -0.462 e. The number of esters is 1. The van der Waals surface area contributed by atoms with Crippen LogP contribution in [0.5, 0.6) is 0 Å². The van der Waals surface area contributed by atoms with E-state index in [9.17, 15) is 14.4 Å². The van der Waals surface area contributed by atoms with E-state index in [4.69, 9.17) is 4.74 Å². The molecular formula is C27H51NO4S2. The van der Waals surface area contributed by atoms with E-state index < -0.39 is 0 Å². The Kier molecular flexibility index (Phi) is 17.6. The van der Waals surface area contributed by atoms with Crippen molar-refractivity contribution in [1.82, 2.24) is 4.90 Å². The normalized spacial score (nSPS) is 12.4. The van der Waals surface area contributed by atoms with Gasteiger partial charge in [0.15, 0.2) is 10.2 Å². The average molecular weight is 518 g/mol. The fourth-order valence-corrected chi connectivity index (χ4v) is 5.34. The highest BCUT2D eigenvalue weighted by Gasteiger charge is 2.27. The summed E-state index contributed by atoms with van der Waals surface area (Å²) in [6.45, 7) is 8.99. The van der Waals surface area contributed by atoms with Gasteiger partial charge in [-0.1, -0.05) is 76.9 Å². The predicted octanol–water partition coefficient (Wildman–Crippen LogP) is 6.97. The van der Waals surface area contributed by atoms with Crippen LogP contribution in [-0.2, 0) is 19.1 Å². The van der Waals surface area contributed by atoms with Gasteiger partial charge in [0.2, 0.25) is 0 Å². The van der Waals surface area contributed by atoms with E-state index in [0.717, 1.165) is 77.2 Å². The van der Waals surface area contributed by atoms with E-state index in [2.05, 4.69) is 4.90 Å². The summed E-state index contributed by atoms with van der Waals surface area (Å²) >= 11 is 2.63. The average Bonchev–Trinajstić information content (AvgIpc) is 2.76. The van der Waals surface area contributed by atoms with E-state index in [-0.39, 0.29) is 33.1 Å². The highest BCUT2D eigenvalue weighted by molar-refractivity contribution is 8.13. The van der Waals surface area contributed by atoms with Crippen LogP contribution in [0.3, 0.4) is 0 Å². The zero-order valence-corrected chi connectivity index (χ0v) is 24.8. The monoisotopic (exact) mass is 517 g/mol. The molecule has 0 heterocycles. The second-order valence-electron chi connectivity index (χ2n) is 11.0. The van der Waals surface area contributed by atoms with Crippen molar-refractivity contribution in [2.45, 2.75) is 111 Å². The van der Waals surface area contributed by atoms with E-state index in [0.29, 0.717) is 6.42 Å². The Morgan fingerprint density at radius 3 is 1.56 bits per heavy atom. The lowest BCUT2D eigenvalue weighted by Crippen LogP contribution is -2.22. The van der Waals surface area contributed by atoms with Crippen LogP contribution < -0.4 is 0 Å². The molecule has 0 aliphatic rings. The second-order valence-corrected chi connectivity index (χ2v) is 12.5. The maximum absolute atomic E-state index is 12.4. The van der Waals surface area contributed by atoms with Crippen molar-refractivity contribution in [2.24, 2.45) is 10.8 Å². The Morgan fingerprint density at radius 1 is 0.735 bits per heavy atom. The molecule has 0 bridgehead atoms. The minimum absolute atomic E-state index is 0.0338. The van der Waals surface area contributed by atoms with Gasteiger partial charge < -0.3 is 9.64 Å². The van der Waals surface area contributed by atoms with Crippen LogP contribution in [0.2, 0.25) is 0 Å². The third-order valence-electron chi connectivity index (χ3n) is 6.42. The fourth-order valence-electron chi connectivity index (χ4n) is 4.03. The Balaban J connectivity index is 4.53. The van der Waals surface area contributed by atoms with Gasteiger partial charge in [-0.3, -0.25) is 14.4 Å². The van der Waals surface area contributed by atoms with Gasteiger partial charge in [0, 0.05) is 17.3 Å².